The van der Waals surface area contributed by atoms with Gasteiger partial charge in [0.1, 0.15) is 5.75 Å². The highest BCUT2D eigenvalue weighted by Gasteiger charge is 2.26. The van der Waals surface area contributed by atoms with Crippen molar-refractivity contribution >= 4 is 5.91 Å². The van der Waals surface area contributed by atoms with Crippen molar-refractivity contribution < 1.29 is 14.3 Å². The van der Waals surface area contributed by atoms with E-state index < -0.39 is 0 Å². The third-order valence-corrected chi connectivity index (χ3v) is 7.21. The first-order valence-electron chi connectivity index (χ1n) is 12.4. The highest BCUT2D eigenvalue weighted by atomic mass is 16.5. The van der Waals surface area contributed by atoms with E-state index in [0.717, 1.165) is 63.3 Å². The Balaban J connectivity index is 1.47. The predicted molar refractivity (Wildman–Crippen MR) is 129 cm³/mol. The Kier molecular flexibility index (Phi) is 9.82. The molecule has 0 aromatic heterocycles. The standard InChI is InChI=1S/C26H43N3O3/c1-5-32-20-23-17-22(8-10-25(23)31-4)19-29-14-6-7-21(18-29)9-11-26(30)28(3)24-12-15-27(2)16-13-24/h8,10,17,21,24H,5-7,9,11-16,18-20H2,1-4H3. The Labute approximate surface area is 194 Å². The maximum atomic E-state index is 12.8. The fraction of sp³-hybridized carbons (Fsp3) is 0.731. The minimum Gasteiger partial charge on any atom is -0.496 e. The van der Waals surface area contributed by atoms with Crippen LogP contribution >= 0.6 is 0 Å². The second kappa shape index (κ2) is 12.6. The van der Waals surface area contributed by atoms with Gasteiger partial charge in [-0.15, -0.1) is 0 Å². The van der Waals surface area contributed by atoms with Gasteiger partial charge in [-0.2, -0.15) is 0 Å². The zero-order valence-corrected chi connectivity index (χ0v) is 20.6. The van der Waals surface area contributed by atoms with Crippen molar-refractivity contribution in [1.82, 2.24) is 14.7 Å². The van der Waals surface area contributed by atoms with E-state index in [1.54, 1.807) is 7.11 Å². The van der Waals surface area contributed by atoms with Gasteiger partial charge in [-0.25, -0.2) is 0 Å². The van der Waals surface area contributed by atoms with Gasteiger partial charge in [0.05, 0.1) is 13.7 Å². The minimum atomic E-state index is 0.326. The van der Waals surface area contributed by atoms with E-state index in [9.17, 15) is 4.79 Å². The number of carbonyl (C=O) groups is 1. The molecule has 3 rings (SSSR count). The SMILES string of the molecule is CCOCc1cc(CN2CCCC(CCC(=O)N(C)C3CCN(C)CC3)C2)ccc1OC. The fourth-order valence-electron chi connectivity index (χ4n) is 5.13. The molecular formula is C26H43N3O3. The van der Waals surface area contributed by atoms with Crippen LogP contribution in [-0.2, 0) is 22.7 Å². The first kappa shape index (κ1) is 25.0. The highest BCUT2D eigenvalue weighted by Crippen LogP contribution is 2.26. The molecule has 1 aromatic carbocycles. The van der Waals surface area contributed by atoms with Crippen molar-refractivity contribution in [2.45, 2.75) is 64.6 Å². The number of likely N-dealkylation sites (tertiary alicyclic amines) is 2. The lowest BCUT2D eigenvalue weighted by Crippen LogP contribution is -2.44. The zero-order chi connectivity index (χ0) is 22.9. The van der Waals surface area contributed by atoms with Crippen molar-refractivity contribution in [3.63, 3.8) is 0 Å². The van der Waals surface area contributed by atoms with Crippen LogP contribution in [0, 0.1) is 5.92 Å². The van der Waals surface area contributed by atoms with E-state index in [1.165, 1.54) is 18.4 Å². The van der Waals surface area contributed by atoms with Gasteiger partial charge in [-0.1, -0.05) is 6.07 Å². The van der Waals surface area contributed by atoms with Crippen molar-refractivity contribution in [3.05, 3.63) is 29.3 Å². The number of piperidine rings is 2. The lowest BCUT2D eigenvalue weighted by molar-refractivity contribution is -0.133. The summed E-state index contributed by atoms with van der Waals surface area (Å²) in [7, 11) is 5.89. The molecule has 2 aliphatic rings. The lowest BCUT2D eigenvalue weighted by Gasteiger charge is -2.36. The van der Waals surface area contributed by atoms with E-state index in [-0.39, 0.29) is 0 Å². The van der Waals surface area contributed by atoms with Crippen LogP contribution in [0.1, 0.15) is 56.6 Å². The Hall–Kier alpha value is -1.63. The maximum absolute atomic E-state index is 12.8. The molecule has 0 saturated carbocycles. The molecule has 2 heterocycles. The van der Waals surface area contributed by atoms with Gasteiger partial charge in [0, 0.05) is 44.8 Å². The lowest BCUT2D eigenvalue weighted by atomic mass is 9.92. The molecule has 2 fully saturated rings. The Morgan fingerprint density at radius 1 is 1.19 bits per heavy atom. The summed E-state index contributed by atoms with van der Waals surface area (Å²) in [5.41, 5.74) is 2.42. The normalized spacial score (nSPS) is 20.9. The largest absolute Gasteiger partial charge is 0.496 e. The Bertz CT molecular complexity index is 718. The van der Waals surface area contributed by atoms with Gasteiger partial charge in [-0.05, 0) is 89.3 Å². The number of rotatable bonds is 10. The number of hydrogen-bond acceptors (Lipinski definition) is 5. The number of benzene rings is 1. The monoisotopic (exact) mass is 445 g/mol. The van der Waals surface area contributed by atoms with Crippen molar-refractivity contribution in [3.8, 4) is 5.75 Å². The summed E-state index contributed by atoms with van der Waals surface area (Å²) in [5.74, 6) is 1.83. The quantitative estimate of drug-likeness (QED) is 0.549. The van der Waals surface area contributed by atoms with Crippen LogP contribution in [0.4, 0.5) is 0 Å². The molecule has 1 amide bonds. The summed E-state index contributed by atoms with van der Waals surface area (Å²) >= 11 is 0. The van der Waals surface area contributed by atoms with Crippen LogP contribution < -0.4 is 4.74 Å². The second-order valence-corrected chi connectivity index (χ2v) is 9.60. The van der Waals surface area contributed by atoms with Crippen molar-refractivity contribution in [1.29, 1.82) is 0 Å². The molecule has 0 N–H and O–H groups in total. The molecular weight excluding hydrogens is 402 g/mol. The fourth-order valence-corrected chi connectivity index (χ4v) is 5.13. The van der Waals surface area contributed by atoms with Crippen LogP contribution in [0.2, 0.25) is 0 Å². The maximum Gasteiger partial charge on any atom is 0.222 e. The molecule has 2 saturated heterocycles. The van der Waals surface area contributed by atoms with Gasteiger partial charge in [-0.3, -0.25) is 9.69 Å². The van der Waals surface area contributed by atoms with E-state index in [4.69, 9.17) is 9.47 Å². The molecule has 0 spiro atoms. The van der Waals surface area contributed by atoms with Crippen LogP contribution in [0.3, 0.4) is 0 Å². The second-order valence-electron chi connectivity index (χ2n) is 9.60. The van der Waals surface area contributed by atoms with Crippen LogP contribution in [0.15, 0.2) is 18.2 Å². The summed E-state index contributed by atoms with van der Waals surface area (Å²) in [5, 5.41) is 0. The topological polar surface area (TPSA) is 45.2 Å². The molecule has 6 heteroatoms. The van der Waals surface area contributed by atoms with Gasteiger partial charge in [0.25, 0.3) is 0 Å². The average molecular weight is 446 g/mol. The summed E-state index contributed by atoms with van der Waals surface area (Å²) in [4.78, 5) is 19.7. The summed E-state index contributed by atoms with van der Waals surface area (Å²) in [6, 6.07) is 6.86. The summed E-state index contributed by atoms with van der Waals surface area (Å²) in [6.45, 7) is 8.65. The minimum absolute atomic E-state index is 0.326. The molecule has 180 valence electrons. The number of nitrogens with zero attached hydrogens (tertiary/aromatic N) is 3. The smallest absolute Gasteiger partial charge is 0.222 e. The third-order valence-electron chi connectivity index (χ3n) is 7.21. The number of methoxy groups -OCH3 is 1. The molecule has 32 heavy (non-hydrogen) atoms. The van der Waals surface area contributed by atoms with E-state index in [2.05, 4.69) is 35.0 Å². The highest BCUT2D eigenvalue weighted by molar-refractivity contribution is 5.76. The van der Waals surface area contributed by atoms with Gasteiger partial charge >= 0.3 is 0 Å². The molecule has 0 bridgehead atoms. The van der Waals surface area contributed by atoms with Crippen LogP contribution in [-0.4, -0.2) is 80.6 Å². The molecule has 2 aliphatic heterocycles. The third kappa shape index (κ3) is 7.19. The Morgan fingerprint density at radius 2 is 1.97 bits per heavy atom. The van der Waals surface area contributed by atoms with Gasteiger partial charge in [0.2, 0.25) is 5.91 Å². The van der Waals surface area contributed by atoms with Crippen molar-refractivity contribution in [2.24, 2.45) is 5.92 Å². The molecule has 0 radical (unpaired) electrons. The molecule has 1 atom stereocenters. The van der Waals surface area contributed by atoms with E-state index in [1.807, 2.05) is 18.9 Å². The summed E-state index contributed by atoms with van der Waals surface area (Å²) in [6.07, 6.45) is 6.34. The molecule has 0 aliphatic carbocycles. The predicted octanol–water partition coefficient (Wildman–Crippen LogP) is 3.78. The molecule has 6 nitrogen and oxygen atoms in total. The van der Waals surface area contributed by atoms with Crippen molar-refractivity contribution in [2.75, 3.05) is 54.0 Å². The first-order chi connectivity index (χ1) is 15.5. The van der Waals surface area contributed by atoms with Crippen LogP contribution in [0.5, 0.6) is 5.75 Å². The summed E-state index contributed by atoms with van der Waals surface area (Å²) < 4.78 is 11.1. The zero-order valence-electron chi connectivity index (χ0n) is 20.6. The average Bonchev–Trinajstić information content (AvgIpc) is 2.81. The van der Waals surface area contributed by atoms with Gasteiger partial charge in [0.15, 0.2) is 0 Å². The number of ether oxygens (including phenoxy) is 2. The van der Waals surface area contributed by atoms with Gasteiger partial charge < -0.3 is 19.3 Å². The number of hydrogen-bond donors (Lipinski definition) is 0. The number of amides is 1. The van der Waals surface area contributed by atoms with E-state index in [0.29, 0.717) is 37.5 Å². The first-order valence-corrected chi connectivity index (χ1v) is 12.4. The Morgan fingerprint density at radius 3 is 2.69 bits per heavy atom. The van der Waals surface area contributed by atoms with Crippen LogP contribution in [0.25, 0.3) is 0 Å². The van der Waals surface area contributed by atoms with E-state index >= 15 is 0 Å². The molecule has 1 unspecified atom stereocenters. The number of carbonyl (C=O) groups excluding carboxylic acids is 1. The molecule has 1 aromatic rings.